The van der Waals surface area contributed by atoms with Gasteiger partial charge in [0.2, 0.25) is 5.89 Å². The first-order chi connectivity index (χ1) is 18.0. The molecule has 0 atom stereocenters. The van der Waals surface area contributed by atoms with Crippen molar-refractivity contribution >= 4 is 38.6 Å². The van der Waals surface area contributed by atoms with Gasteiger partial charge < -0.3 is 14.1 Å². The number of oxazole rings is 1. The number of piperazine rings is 1. The summed E-state index contributed by atoms with van der Waals surface area (Å²) >= 11 is 6.38. The summed E-state index contributed by atoms with van der Waals surface area (Å²) in [5.41, 5.74) is 0.343. The van der Waals surface area contributed by atoms with Gasteiger partial charge in [-0.05, 0) is 45.0 Å². The average Bonchev–Trinajstić information content (AvgIpc) is 3.51. The summed E-state index contributed by atoms with van der Waals surface area (Å²) in [6.07, 6.45) is 2.81. The minimum Gasteiger partial charge on any atom is -0.444 e. The Labute approximate surface area is 225 Å². The number of ether oxygens (including phenoxy) is 1. The van der Waals surface area contributed by atoms with Crippen LogP contribution in [-0.4, -0.2) is 70.3 Å². The summed E-state index contributed by atoms with van der Waals surface area (Å²) in [4.78, 5) is 20.8. The number of hydrogen-bond donors (Lipinski definition) is 0. The number of amides is 1. The zero-order chi connectivity index (χ0) is 27.1. The molecule has 0 radical (unpaired) electrons. The van der Waals surface area contributed by atoms with E-state index in [9.17, 15) is 13.2 Å². The summed E-state index contributed by atoms with van der Waals surface area (Å²) in [5, 5.41) is 5.04. The van der Waals surface area contributed by atoms with Crippen molar-refractivity contribution in [1.82, 2.24) is 24.0 Å². The molecule has 1 aliphatic heterocycles. The molecule has 0 bridgehead atoms. The highest BCUT2D eigenvalue weighted by Crippen LogP contribution is 2.33. The maximum absolute atomic E-state index is 13.2. The fraction of sp³-hybridized carbons (Fsp3) is 0.346. The van der Waals surface area contributed by atoms with Crippen LogP contribution in [0.4, 0.5) is 4.79 Å². The average molecular weight is 558 g/mol. The maximum Gasteiger partial charge on any atom is 0.410 e. The van der Waals surface area contributed by atoms with E-state index in [1.54, 1.807) is 41.4 Å². The third-order valence-corrected chi connectivity index (χ3v) is 7.91. The standard InChI is InChI=1S/C26H28ClN5O5S/c1-26(2,3)37-25(33)31-11-9-30(10-12-31)17-19-15-28-24(36-19)21-13-18(27)14-23-22(21)16-29-32(23)38(34,35)20-7-5-4-6-8-20/h4-8,13-16H,9-12,17H2,1-3H3. The fourth-order valence-electron chi connectivity index (χ4n) is 4.27. The summed E-state index contributed by atoms with van der Waals surface area (Å²) < 4.78 is 38.9. The van der Waals surface area contributed by atoms with Crippen molar-refractivity contribution in [2.75, 3.05) is 26.2 Å². The SMILES string of the molecule is CC(C)(C)OC(=O)N1CCN(Cc2cnc(-c3cc(Cl)cc4c3cnn4S(=O)(=O)c3ccccc3)o2)CC1. The molecule has 1 fully saturated rings. The van der Waals surface area contributed by atoms with E-state index in [1.165, 1.54) is 18.3 Å². The molecule has 0 N–H and O–H groups in total. The molecule has 2 aromatic heterocycles. The molecule has 2 aromatic carbocycles. The van der Waals surface area contributed by atoms with Crippen LogP contribution in [0, 0.1) is 0 Å². The largest absolute Gasteiger partial charge is 0.444 e. The summed E-state index contributed by atoms with van der Waals surface area (Å²) in [6.45, 7) is 8.51. The summed E-state index contributed by atoms with van der Waals surface area (Å²) in [5.74, 6) is 0.958. The molecule has 10 nitrogen and oxygen atoms in total. The molecule has 5 rings (SSSR count). The smallest absolute Gasteiger partial charge is 0.410 e. The number of halogens is 1. The second-order valence-corrected chi connectivity index (χ2v) is 12.3. The quantitative estimate of drug-likeness (QED) is 0.349. The van der Waals surface area contributed by atoms with E-state index in [0.717, 1.165) is 4.09 Å². The van der Waals surface area contributed by atoms with Crippen molar-refractivity contribution in [3.63, 3.8) is 0 Å². The van der Waals surface area contributed by atoms with Gasteiger partial charge in [0, 0.05) is 42.2 Å². The minimum absolute atomic E-state index is 0.122. The number of carbonyl (C=O) groups excluding carboxylic acids is 1. The van der Waals surface area contributed by atoms with E-state index in [1.807, 2.05) is 20.8 Å². The Morgan fingerprint density at radius 1 is 1.08 bits per heavy atom. The molecule has 0 aliphatic carbocycles. The van der Waals surface area contributed by atoms with Crippen molar-refractivity contribution in [2.45, 2.75) is 37.8 Å². The van der Waals surface area contributed by atoms with Crippen LogP contribution >= 0.6 is 11.6 Å². The predicted molar refractivity (Wildman–Crippen MR) is 142 cm³/mol. The Balaban J connectivity index is 1.34. The van der Waals surface area contributed by atoms with E-state index >= 15 is 0 Å². The van der Waals surface area contributed by atoms with Crippen LogP contribution in [0.1, 0.15) is 26.5 Å². The number of nitrogens with zero attached hydrogens (tertiary/aromatic N) is 5. The molecular weight excluding hydrogens is 530 g/mol. The van der Waals surface area contributed by atoms with Crippen LogP contribution in [0.15, 0.2) is 64.2 Å². The first kappa shape index (κ1) is 26.2. The van der Waals surface area contributed by atoms with Crippen molar-refractivity contribution in [2.24, 2.45) is 0 Å². The molecule has 12 heteroatoms. The molecule has 3 heterocycles. The second kappa shape index (κ2) is 10.0. The van der Waals surface area contributed by atoms with Gasteiger partial charge >= 0.3 is 6.09 Å². The van der Waals surface area contributed by atoms with Crippen molar-refractivity contribution in [1.29, 1.82) is 0 Å². The molecule has 1 amide bonds. The maximum atomic E-state index is 13.2. The summed E-state index contributed by atoms with van der Waals surface area (Å²) in [6, 6.07) is 11.3. The Morgan fingerprint density at radius 3 is 2.47 bits per heavy atom. The second-order valence-electron chi connectivity index (χ2n) is 10.1. The molecule has 1 aliphatic rings. The molecule has 0 saturated carbocycles. The lowest BCUT2D eigenvalue weighted by Crippen LogP contribution is -2.49. The lowest BCUT2D eigenvalue weighted by molar-refractivity contribution is 0.0134. The van der Waals surface area contributed by atoms with Gasteiger partial charge in [-0.1, -0.05) is 29.8 Å². The number of rotatable bonds is 5. The zero-order valence-electron chi connectivity index (χ0n) is 21.3. The van der Waals surface area contributed by atoms with E-state index in [2.05, 4.69) is 15.0 Å². The Morgan fingerprint density at radius 2 is 1.79 bits per heavy atom. The van der Waals surface area contributed by atoms with E-state index in [0.29, 0.717) is 65.9 Å². The van der Waals surface area contributed by atoms with Crippen LogP contribution in [0.3, 0.4) is 0 Å². The Hall–Kier alpha value is -3.41. The van der Waals surface area contributed by atoms with Crippen molar-refractivity contribution in [3.8, 4) is 11.5 Å². The highest BCUT2D eigenvalue weighted by atomic mass is 35.5. The van der Waals surface area contributed by atoms with Gasteiger partial charge in [0.25, 0.3) is 10.0 Å². The number of hydrogen-bond acceptors (Lipinski definition) is 8. The minimum atomic E-state index is -3.92. The summed E-state index contributed by atoms with van der Waals surface area (Å²) in [7, 11) is -3.92. The normalized spacial score (nSPS) is 15.2. The molecule has 38 heavy (non-hydrogen) atoms. The van der Waals surface area contributed by atoms with Crippen molar-refractivity contribution in [3.05, 3.63) is 65.6 Å². The van der Waals surface area contributed by atoms with Gasteiger partial charge in [0.05, 0.1) is 29.4 Å². The molecule has 4 aromatic rings. The van der Waals surface area contributed by atoms with Gasteiger partial charge in [0.1, 0.15) is 11.4 Å². The predicted octanol–water partition coefficient (Wildman–Crippen LogP) is 4.63. The van der Waals surface area contributed by atoms with Crippen LogP contribution in [0.2, 0.25) is 5.02 Å². The third-order valence-electron chi connectivity index (χ3n) is 6.08. The molecule has 1 saturated heterocycles. The van der Waals surface area contributed by atoms with E-state index < -0.39 is 15.6 Å². The van der Waals surface area contributed by atoms with Gasteiger partial charge in [-0.25, -0.2) is 9.78 Å². The lowest BCUT2D eigenvalue weighted by atomic mass is 10.1. The topological polar surface area (TPSA) is 111 Å². The Bertz CT molecular complexity index is 1570. The number of fused-ring (bicyclic) bond motifs is 1. The highest BCUT2D eigenvalue weighted by Gasteiger charge is 2.27. The van der Waals surface area contributed by atoms with Crippen molar-refractivity contribution < 1.29 is 22.4 Å². The first-order valence-corrected chi connectivity index (χ1v) is 14.0. The van der Waals surface area contributed by atoms with E-state index in [-0.39, 0.29) is 11.0 Å². The lowest BCUT2D eigenvalue weighted by Gasteiger charge is -2.35. The van der Waals surface area contributed by atoms with Crippen LogP contribution < -0.4 is 0 Å². The van der Waals surface area contributed by atoms with Crippen LogP contribution in [-0.2, 0) is 21.3 Å². The van der Waals surface area contributed by atoms with Gasteiger partial charge in [-0.15, -0.1) is 0 Å². The fourth-order valence-corrected chi connectivity index (χ4v) is 5.77. The number of carbonyl (C=O) groups is 1. The van der Waals surface area contributed by atoms with Gasteiger partial charge in [-0.3, -0.25) is 4.90 Å². The van der Waals surface area contributed by atoms with Crippen LogP contribution in [0.25, 0.3) is 22.4 Å². The van der Waals surface area contributed by atoms with E-state index in [4.69, 9.17) is 20.8 Å². The highest BCUT2D eigenvalue weighted by molar-refractivity contribution is 7.90. The molecular formula is C26H28ClN5O5S. The number of benzene rings is 2. The van der Waals surface area contributed by atoms with Gasteiger partial charge in [0.15, 0.2) is 0 Å². The molecule has 0 spiro atoms. The molecule has 0 unspecified atom stereocenters. The first-order valence-electron chi connectivity index (χ1n) is 12.1. The molecule has 200 valence electrons. The van der Waals surface area contributed by atoms with Gasteiger partial charge in [-0.2, -0.15) is 17.6 Å². The number of aromatic nitrogens is 3. The zero-order valence-corrected chi connectivity index (χ0v) is 22.9. The Kier molecular flexibility index (Phi) is 6.93. The third kappa shape index (κ3) is 5.40. The monoisotopic (exact) mass is 557 g/mol. The van der Waals surface area contributed by atoms with Crippen LogP contribution in [0.5, 0.6) is 0 Å².